The molecule has 0 heterocycles. The number of allylic oxidation sites excluding steroid dienone is 2. The van der Waals surface area contributed by atoms with Gasteiger partial charge in [0, 0.05) is 13.0 Å². The molecule has 2 heteroatoms. The lowest BCUT2D eigenvalue weighted by Crippen LogP contribution is -2.31. The van der Waals surface area contributed by atoms with Crippen LogP contribution >= 0.6 is 0 Å². The van der Waals surface area contributed by atoms with Gasteiger partial charge in [-0.2, -0.15) is 0 Å². The molecule has 2 nitrogen and oxygen atoms in total. The van der Waals surface area contributed by atoms with Crippen molar-refractivity contribution < 1.29 is 4.79 Å². The molecule has 0 aromatic heterocycles. The van der Waals surface area contributed by atoms with Gasteiger partial charge in [-0.05, 0) is 17.9 Å². The lowest BCUT2D eigenvalue weighted by atomic mass is 10.00. The van der Waals surface area contributed by atoms with Gasteiger partial charge in [0.15, 0.2) is 0 Å². The van der Waals surface area contributed by atoms with Crippen LogP contribution < -0.4 is 5.32 Å². The fraction of sp³-hybridized carbons (Fsp3) is 0.583. The molecule has 0 aliphatic rings. The topological polar surface area (TPSA) is 29.1 Å². The van der Waals surface area contributed by atoms with Gasteiger partial charge in [-0.25, -0.2) is 0 Å². The van der Waals surface area contributed by atoms with E-state index < -0.39 is 0 Å². The van der Waals surface area contributed by atoms with Crippen molar-refractivity contribution in [2.75, 3.05) is 0 Å². The molecular formula is C12H21NO. The summed E-state index contributed by atoms with van der Waals surface area (Å²) in [6.45, 7) is 11.6. The van der Waals surface area contributed by atoms with Crippen LogP contribution in [0.15, 0.2) is 24.3 Å². The van der Waals surface area contributed by atoms with Crippen LogP contribution in [0.5, 0.6) is 0 Å². The van der Waals surface area contributed by atoms with Crippen LogP contribution in [0.3, 0.4) is 0 Å². The predicted molar refractivity (Wildman–Crippen MR) is 61.0 cm³/mol. The number of hydrogen-bond acceptors (Lipinski definition) is 1. The van der Waals surface area contributed by atoms with Gasteiger partial charge < -0.3 is 5.32 Å². The second-order valence-electron chi connectivity index (χ2n) is 3.74. The number of amides is 1. The molecule has 1 amide bonds. The van der Waals surface area contributed by atoms with Crippen molar-refractivity contribution in [3.05, 3.63) is 24.3 Å². The van der Waals surface area contributed by atoms with Gasteiger partial charge in [0.1, 0.15) is 0 Å². The SMILES string of the molecule is C=C/C(=C\C(CC)NC(C)=O)C(C)C. The molecule has 0 aliphatic carbocycles. The zero-order chi connectivity index (χ0) is 11.1. The molecule has 0 radical (unpaired) electrons. The molecule has 14 heavy (non-hydrogen) atoms. The fourth-order valence-electron chi connectivity index (χ4n) is 1.25. The molecule has 0 saturated carbocycles. The molecule has 80 valence electrons. The molecule has 1 N–H and O–H groups in total. The molecule has 0 rings (SSSR count). The number of rotatable bonds is 5. The van der Waals surface area contributed by atoms with E-state index in [1.807, 2.05) is 6.08 Å². The van der Waals surface area contributed by atoms with Crippen molar-refractivity contribution in [1.82, 2.24) is 5.32 Å². The van der Waals surface area contributed by atoms with E-state index in [1.54, 1.807) is 6.92 Å². The first-order valence-corrected chi connectivity index (χ1v) is 5.12. The summed E-state index contributed by atoms with van der Waals surface area (Å²) in [5, 5.41) is 2.89. The van der Waals surface area contributed by atoms with E-state index in [2.05, 4.69) is 38.7 Å². The van der Waals surface area contributed by atoms with Gasteiger partial charge in [0.25, 0.3) is 0 Å². The van der Waals surface area contributed by atoms with E-state index in [4.69, 9.17) is 0 Å². The first-order valence-electron chi connectivity index (χ1n) is 5.12. The molecular weight excluding hydrogens is 174 g/mol. The van der Waals surface area contributed by atoms with Gasteiger partial charge in [0.05, 0.1) is 0 Å². The first kappa shape index (κ1) is 12.9. The first-order chi connectivity index (χ1) is 6.51. The molecule has 0 saturated heterocycles. The van der Waals surface area contributed by atoms with E-state index in [9.17, 15) is 4.79 Å². The predicted octanol–water partition coefficient (Wildman–Crippen LogP) is 2.67. The quantitative estimate of drug-likeness (QED) is 0.671. The van der Waals surface area contributed by atoms with Crippen molar-refractivity contribution in [1.29, 1.82) is 0 Å². The molecule has 0 spiro atoms. The van der Waals surface area contributed by atoms with E-state index in [1.165, 1.54) is 5.57 Å². The summed E-state index contributed by atoms with van der Waals surface area (Å²) >= 11 is 0. The normalized spacial score (nSPS) is 13.9. The maximum Gasteiger partial charge on any atom is 0.217 e. The maximum absolute atomic E-state index is 10.9. The Balaban J connectivity index is 4.52. The second kappa shape index (κ2) is 6.41. The summed E-state index contributed by atoms with van der Waals surface area (Å²) in [5.74, 6) is 0.468. The summed E-state index contributed by atoms with van der Waals surface area (Å²) in [7, 11) is 0. The fourth-order valence-corrected chi connectivity index (χ4v) is 1.25. The third-order valence-electron chi connectivity index (χ3n) is 2.12. The Kier molecular flexibility index (Phi) is 5.93. The molecule has 0 aromatic rings. The highest BCUT2D eigenvalue weighted by Gasteiger charge is 2.06. The Hall–Kier alpha value is -1.05. The Morgan fingerprint density at radius 3 is 2.36 bits per heavy atom. The van der Waals surface area contributed by atoms with Gasteiger partial charge in [0.2, 0.25) is 5.91 Å². The lowest BCUT2D eigenvalue weighted by molar-refractivity contribution is -0.119. The number of carbonyl (C=O) groups excluding carboxylic acids is 1. The average molecular weight is 195 g/mol. The Morgan fingerprint density at radius 2 is 2.07 bits per heavy atom. The van der Waals surface area contributed by atoms with Gasteiger partial charge in [-0.3, -0.25) is 4.79 Å². The van der Waals surface area contributed by atoms with Crippen molar-refractivity contribution in [2.45, 2.75) is 40.2 Å². The largest absolute Gasteiger partial charge is 0.350 e. The number of hydrogen-bond donors (Lipinski definition) is 1. The standard InChI is InChI=1S/C12H21NO/c1-6-11(9(3)4)8-12(7-2)13-10(5)14/h6,8-9,12H,1,7H2,2-5H3,(H,13,14)/b11-8+. The van der Waals surface area contributed by atoms with Gasteiger partial charge in [-0.15, -0.1) is 0 Å². The molecule has 1 unspecified atom stereocenters. The van der Waals surface area contributed by atoms with E-state index in [-0.39, 0.29) is 11.9 Å². The molecule has 1 atom stereocenters. The highest BCUT2D eigenvalue weighted by atomic mass is 16.1. The van der Waals surface area contributed by atoms with Crippen LogP contribution in [0.2, 0.25) is 0 Å². The third kappa shape index (κ3) is 4.85. The summed E-state index contributed by atoms with van der Waals surface area (Å²) in [5.41, 5.74) is 1.19. The Morgan fingerprint density at radius 1 is 1.50 bits per heavy atom. The molecule has 0 fully saturated rings. The minimum absolute atomic E-state index is 0.0141. The minimum Gasteiger partial charge on any atom is -0.350 e. The van der Waals surface area contributed by atoms with Crippen molar-refractivity contribution >= 4 is 5.91 Å². The summed E-state index contributed by atoms with van der Waals surface area (Å²) in [6.07, 6.45) is 4.85. The van der Waals surface area contributed by atoms with E-state index >= 15 is 0 Å². The molecule has 0 aromatic carbocycles. The van der Waals surface area contributed by atoms with Crippen molar-refractivity contribution in [3.8, 4) is 0 Å². The van der Waals surface area contributed by atoms with Crippen LogP contribution in [-0.4, -0.2) is 11.9 Å². The second-order valence-corrected chi connectivity index (χ2v) is 3.74. The van der Waals surface area contributed by atoms with E-state index in [0.29, 0.717) is 5.92 Å². The molecule has 0 bridgehead atoms. The number of carbonyl (C=O) groups is 1. The van der Waals surface area contributed by atoms with E-state index in [0.717, 1.165) is 6.42 Å². The van der Waals surface area contributed by atoms with Gasteiger partial charge in [-0.1, -0.05) is 39.5 Å². The minimum atomic E-state index is 0.0141. The van der Waals surface area contributed by atoms with Crippen LogP contribution in [0.1, 0.15) is 34.1 Å². The van der Waals surface area contributed by atoms with Crippen LogP contribution in [-0.2, 0) is 4.79 Å². The Bertz CT molecular complexity index is 228. The monoisotopic (exact) mass is 195 g/mol. The molecule has 0 aliphatic heterocycles. The number of nitrogens with one attached hydrogen (secondary N) is 1. The zero-order valence-electron chi connectivity index (χ0n) is 9.63. The summed E-state index contributed by atoms with van der Waals surface area (Å²) < 4.78 is 0. The van der Waals surface area contributed by atoms with Gasteiger partial charge >= 0.3 is 0 Å². The lowest BCUT2D eigenvalue weighted by Gasteiger charge is -2.14. The average Bonchev–Trinajstić information content (AvgIpc) is 2.10. The van der Waals surface area contributed by atoms with Crippen molar-refractivity contribution in [3.63, 3.8) is 0 Å². The van der Waals surface area contributed by atoms with Crippen LogP contribution in [0.25, 0.3) is 0 Å². The summed E-state index contributed by atoms with van der Waals surface area (Å²) in [4.78, 5) is 10.9. The zero-order valence-corrected chi connectivity index (χ0v) is 9.63. The summed E-state index contributed by atoms with van der Waals surface area (Å²) in [6, 6.07) is 0.128. The Labute approximate surface area is 87.1 Å². The van der Waals surface area contributed by atoms with Crippen LogP contribution in [0.4, 0.5) is 0 Å². The third-order valence-corrected chi connectivity index (χ3v) is 2.12. The smallest absolute Gasteiger partial charge is 0.217 e. The maximum atomic E-state index is 10.9. The highest BCUT2D eigenvalue weighted by Crippen LogP contribution is 2.12. The highest BCUT2D eigenvalue weighted by molar-refractivity contribution is 5.73. The van der Waals surface area contributed by atoms with Crippen molar-refractivity contribution in [2.24, 2.45) is 5.92 Å². The van der Waals surface area contributed by atoms with Crippen LogP contribution in [0, 0.1) is 5.92 Å².